The zero-order valence-corrected chi connectivity index (χ0v) is 11.1. The van der Waals surface area contributed by atoms with E-state index in [2.05, 4.69) is 9.97 Å². The predicted molar refractivity (Wildman–Crippen MR) is 67.9 cm³/mol. The second-order valence-electron chi connectivity index (χ2n) is 3.96. The van der Waals surface area contributed by atoms with E-state index < -0.39 is 15.5 Å². The number of rotatable bonds is 3. The molecule has 0 aliphatic rings. The maximum atomic E-state index is 13.0. The van der Waals surface area contributed by atoms with Gasteiger partial charge in [-0.25, -0.2) is 18.4 Å². The highest BCUT2D eigenvalue weighted by molar-refractivity contribution is 7.91. The third-order valence-electron chi connectivity index (χ3n) is 2.38. The summed E-state index contributed by atoms with van der Waals surface area (Å²) < 4.78 is 31.9. The number of nitrogens with one attached hydrogen (secondary N) is 2. The fraction of sp³-hybridized carbons (Fsp3) is 0.182. The summed E-state index contributed by atoms with van der Waals surface area (Å²) in [7, 11) is -2.79. The third-order valence-corrected chi connectivity index (χ3v) is 3.72. The SMILES string of the molecule is CS(=N)(=O)c1cnc(Cc2ccc(F)c(Cl)c2)[nH]1. The van der Waals surface area contributed by atoms with Crippen molar-refractivity contribution in [1.82, 2.24) is 9.97 Å². The van der Waals surface area contributed by atoms with Gasteiger partial charge in [0.05, 0.1) is 20.9 Å². The van der Waals surface area contributed by atoms with Crippen LogP contribution in [0.2, 0.25) is 5.02 Å². The lowest BCUT2D eigenvalue weighted by Crippen LogP contribution is -1.96. The average molecular weight is 288 g/mol. The van der Waals surface area contributed by atoms with Gasteiger partial charge in [-0.05, 0) is 17.7 Å². The molecule has 0 spiro atoms. The number of halogens is 2. The molecule has 1 aromatic heterocycles. The summed E-state index contributed by atoms with van der Waals surface area (Å²) in [5.41, 5.74) is 0.787. The molecule has 2 N–H and O–H groups in total. The molecule has 7 heteroatoms. The van der Waals surface area contributed by atoms with Crippen LogP contribution in [0.25, 0.3) is 0 Å². The largest absolute Gasteiger partial charge is 0.334 e. The highest BCUT2D eigenvalue weighted by Crippen LogP contribution is 2.18. The molecular formula is C11H11ClFN3OS. The first-order valence-electron chi connectivity index (χ1n) is 5.08. The van der Waals surface area contributed by atoms with Crippen LogP contribution < -0.4 is 0 Å². The molecule has 1 atom stereocenters. The van der Waals surface area contributed by atoms with E-state index in [4.69, 9.17) is 16.4 Å². The molecular weight excluding hydrogens is 277 g/mol. The molecule has 0 saturated carbocycles. The number of hydrogen-bond donors (Lipinski definition) is 2. The molecule has 1 unspecified atom stereocenters. The molecule has 0 radical (unpaired) electrons. The quantitative estimate of drug-likeness (QED) is 0.911. The van der Waals surface area contributed by atoms with Crippen LogP contribution in [0.15, 0.2) is 29.4 Å². The molecule has 2 rings (SSSR count). The monoisotopic (exact) mass is 287 g/mol. The minimum absolute atomic E-state index is 0.0547. The smallest absolute Gasteiger partial charge is 0.141 e. The Hall–Kier alpha value is -1.40. The Morgan fingerprint density at radius 1 is 1.56 bits per heavy atom. The van der Waals surface area contributed by atoms with Crippen molar-refractivity contribution in [2.45, 2.75) is 11.4 Å². The van der Waals surface area contributed by atoms with E-state index in [1.807, 2.05) is 0 Å². The highest BCUT2D eigenvalue weighted by atomic mass is 35.5. The predicted octanol–water partition coefficient (Wildman–Crippen LogP) is 2.83. The fourth-order valence-corrected chi connectivity index (χ4v) is 2.24. The maximum Gasteiger partial charge on any atom is 0.141 e. The van der Waals surface area contributed by atoms with Crippen molar-refractivity contribution in [3.8, 4) is 0 Å². The zero-order chi connectivity index (χ0) is 13.3. The van der Waals surface area contributed by atoms with Crippen LogP contribution in [0.4, 0.5) is 4.39 Å². The zero-order valence-electron chi connectivity index (χ0n) is 9.54. The summed E-state index contributed by atoms with van der Waals surface area (Å²) in [4.78, 5) is 6.86. The molecule has 96 valence electrons. The van der Waals surface area contributed by atoms with E-state index in [0.29, 0.717) is 12.2 Å². The van der Waals surface area contributed by atoms with Crippen molar-refractivity contribution in [1.29, 1.82) is 4.78 Å². The van der Waals surface area contributed by atoms with E-state index in [0.717, 1.165) is 5.56 Å². The van der Waals surface area contributed by atoms with E-state index in [1.54, 1.807) is 6.07 Å². The van der Waals surface area contributed by atoms with Crippen molar-refractivity contribution >= 4 is 21.3 Å². The Bertz CT molecular complexity index is 681. The van der Waals surface area contributed by atoms with Crippen LogP contribution >= 0.6 is 11.6 Å². The molecule has 0 amide bonds. The summed E-state index contributed by atoms with van der Waals surface area (Å²) >= 11 is 5.68. The summed E-state index contributed by atoms with van der Waals surface area (Å²) in [6.07, 6.45) is 3.12. The Labute approximate surface area is 109 Å². The molecule has 18 heavy (non-hydrogen) atoms. The summed E-state index contributed by atoms with van der Waals surface area (Å²) in [5, 5.41) is 0.338. The van der Waals surface area contributed by atoms with Gasteiger partial charge in [0.2, 0.25) is 0 Å². The molecule has 0 aliphatic carbocycles. The van der Waals surface area contributed by atoms with Gasteiger partial charge < -0.3 is 4.98 Å². The molecule has 0 saturated heterocycles. The number of aromatic nitrogens is 2. The normalized spacial score (nSPS) is 14.4. The first kappa shape index (κ1) is 13.0. The van der Waals surface area contributed by atoms with Gasteiger partial charge >= 0.3 is 0 Å². The van der Waals surface area contributed by atoms with Crippen molar-refractivity contribution in [2.24, 2.45) is 0 Å². The molecule has 4 nitrogen and oxygen atoms in total. The number of hydrogen-bond acceptors (Lipinski definition) is 3. The van der Waals surface area contributed by atoms with Crippen LogP contribution in [0.1, 0.15) is 11.4 Å². The van der Waals surface area contributed by atoms with Crippen LogP contribution in [0.5, 0.6) is 0 Å². The number of H-pyrrole nitrogens is 1. The molecule has 1 aromatic carbocycles. The van der Waals surface area contributed by atoms with Gasteiger partial charge in [-0.15, -0.1) is 0 Å². The van der Waals surface area contributed by atoms with Crippen LogP contribution in [-0.2, 0) is 16.1 Å². The van der Waals surface area contributed by atoms with Crippen LogP contribution in [-0.4, -0.2) is 20.4 Å². The second-order valence-corrected chi connectivity index (χ2v) is 6.50. The third kappa shape index (κ3) is 2.88. The van der Waals surface area contributed by atoms with E-state index in [9.17, 15) is 8.60 Å². The van der Waals surface area contributed by atoms with Gasteiger partial charge in [-0.2, -0.15) is 0 Å². The van der Waals surface area contributed by atoms with Gasteiger partial charge in [-0.3, -0.25) is 0 Å². The Kier molecular flexibility index (Phi) is 3.41. The molecule has 2 aromatic rings. The van der Waals surface area contributed by atoms with Crippen molar-refractivity contribution in [3.05, 3.63) is 46.6 Å². The molecule has 0 bridgehead atoms. The summed E-state index contributed by atoms with van der Waals surface area (Å²) in [6.45, 7) is 0. The minimum Gasteiger partial charge on any atom is -0.334 e. The van der Waals surface area contributed by atoms with E-state index in [1.165, 1.54) is 24.6 Å². The maximum absolute atomic E-state index is 13.0. The van der Waals surface area contributed by atoms with Crippen molar-refractivity contribution in [2.75, 3.05) is 6.26 Å². The number of aromatic amines is 1. The Morgan fingerprint density at radius 3 is 2.83 bits per heavy atom. The first-order valence-corrected chi connectivity index (χ1v) is 7.42. The Balaban J connectivity index is 2.24. The van der Waals surface area contributed by atoms with Gasteiger partial charge in [-0.1, -0.05) is 17.7 Å². The van der Waals surface area contributed by atoms with Crippen LogP contribution in [0.3, 0.4) is 0 Å². The number of nitrogens with zero attached hydrogens (tertiary/aromatic N) is 1. The lowest BCUT2D eigenvalue weighted by atomic mass is 10.1. The van der Waals surface area contributed by atoms with E-state index in [-0.39, 0.29) is 10.0 Å². The van der Waals surface area contributed by atoms with E-state index >= 15 is 0 Å². The lowest BCUT2D eigenvalue weighted by Gasteiger charge is -2.00. The molecule has 0 aliphatic heterocycles. The highest BCUT2D eigenvalue weighted by Gasteiger charge is 2.09. The van der Waals surface area contributed by atoms with Crippen molar-refractivity contribution < 1.29 is 8.60 Å². The van der Waals surface area contributed by atoms with Gasteiger partial charge in [0.15, 0.2) is 0 Å². The van der Waals surface area contributed by atoms with Crippen LogP contribution in [0, 0.1) is 10.6 Å². The standard InChI is InChI=1S/C11H11ClFN3OS/c1-18(14,17)11-6-15-10(16-11)5-7-2-3-9(13)8(12)4-7/h2-4,6,14H,5H2,1H3,(H,15,16). The van der Waals surface area contributed by atoms with Gasteiger partial charge in [0.1, 0.15) is 16.7 Å². The molecule has 1 heterocycles. The molecule has 0 fully saturated rings. The van der Waals surface area contributed by atoms with Crippen molar-refractivity contribution in [3.63, 3.8) is 0 Å². The minimum atomic E-state index is -2.79. The summed E-state index contributed by atoms with van der Waals surface area (Å²) in [5.74, 6) is 0.0952. The first-order chi connectivity index (χ1) is 8.36. The lowest BCUT2D eigenvalue weighted by molar-refractivity contribution is 0.627. The van der Waals surface area contributed by atoms with Gasteiger partial charge in [0.25, 0.3) is 0 Å². The topological polar surface area (TPSA) is 69.6 Å². The number of imidazole rings is 1. The fourth-order valence-electron chi connectivity index (χ4n) is 1.47. The number of benzene rings is 1. The Morgan fingerprint density at radius 2 is 2.28 bits per heavy atom. The second kappa shape index (κ2) is 4.70. The summed E-state index contributed by atoms with van der Waals surface area (Å²) in [6, 6.07) is 4.41. The average Bonchev–Trinajstić information content (AvgIpc) is 2.72. The van der Waals surface area contributed by atoms with Gasteiger partial charge in [0, 0.05) is 12.7 Å².